The molecule has 64 heavy (non-hydrogen) atoms. The molecule has 0 atom stereocenters. The highest BCUT2D eigenvalue weighted by Crippen LogP contribution is 2.43. The summed E-state index contributed by atoms with van der Waals surface area (Å²) >= 11 is 0. The molecule has 322 valence electrons. The highest BCUT2D eigenvalue weighted by molar-refractivity contribution is 6.12. The van der Waals surface area contributed by atoms with Crippen LogP contribution in [-0.2, 0) is 12.8 Å². The van der Waals surface area contributed by atoms with E-state index in [2.05, 4.69) is 206 Å². The van der Waals surface area contributed by atoms with Crippen LogP contribution in [0.4, 0.5) is 17.1 Å². The maximum atomic E-state index is 2.51. The van der Waals surface area contributed by atoms with Gasteiger partial charge in [-0.1, -0.05) is 144 Å². The first-order chi connectivity index (χ1) is 31.5. The number of rotatable bonds is 10. The average molecular weight is 837 g/mol. The molecule has 0 amide bonds. The predicted molar refractivity (Wildman–Crippen MR) is 281 cm³/mol. The van der Waals surface area contributed by atoms with Crippen molar-refractivity contribution in [2.45, 2.75) is 93.4 Å². The van der Waals surface area contributed by atoms with Crippen LogP contribution < -0.4 is 4.90 Å². The summed E-state index contributed by atoms with van der Waals surface area (Å²) in [4.78, 5) is 2.36. The van der Waals surface area contributed by atoms with Crippen LogP contribution in [0.1, 0.15) is 107 Å². The third-order valence-electron chi connectivity index (χ3n) is 13.0. The number of para-hydroxylation sites is 1. The second-order valence-electron chi connectivity index (χ2n) is 16.7. The Kier molecular flexibility index (Phi) is 13.9. The Bertz CT molecular complexity index is 2940. The molecule has 1 heterocycles. The van der Waals surface area contributed by atoms with Crippen molar-refractivity contribution in [2.24, 2.45) is 0 Å². The molecule has 0 radical (unpaired) electrons. The SMILES string of the molecule is CC.CC.CCCCc1ccc(N(c2ccccc2)c2ccc(-c3ccc4c(c3)c3cc5c(cc3n4-c3ccc(C4=CC=CCC4)cc3)C(C)=C(c3ccccc3C)CC5)cc2)cc1. The Morgan fingerprint density at radius 3 is 1.88 bits per heavy atom. The minimum Gasteiger partial charge on any atom is -0.311 e. The number of aromatic nitrogens is 1. The van der Waals surface area contributed by atoms with E-state index in [-0.39, 0.29) is 0 Å². The number of fused-ring (bicyclic) bond motifs is 4. The van der Waals surface area contributed by atoms with Crippen LogP contribution in [0.25, 0.3) is 55.3 Å². The molecule has 0 N–H and O–H groups in total. The molecule has 0 unspecified atom stereocenters. The van der Waals surface area contributed by atoms with Gasteiger partial charge < -0.3 is 9.47 Å². The number of nitrogens with zero attached hydrogens (tertiary/aromatic N) is 2. The van der Waals surface area contributed by atoms with Gasteiger partial charge in [0.25, 0.3) is 0 Å². The fraction of sp³-hybridized carbons (Fsp3) is 0.226. The van der Waals surface area contributed by atoms with E-state index in [4.69, 9.17) is 0 Å². The van der Waals surface area contributed by atoms with Crippen molar-refractivity contribution in [3.63, 3.8) is 0 Å². The number of anilines is 3. The maximum absolute atomic E-state index is 2.51. The molecule has 2 aliphatic rings. The van der Waals surface area contributed by atoms with Gasteiger partial charge in [0.05, 0.1) is 11.0 Å². The first-order valence-electron chi connectivity index (χ1n) is 23.9. The highest BCUT2D eigenvalue weighted by Gasteiger charge is 2.23. The molecule has 0 saturated heterocycles. The fourth-order valence-corrected chi connectivity index (χ4v) is 9.67. The van der Waals surface area contributed by atoms with Crippen LogP contribution in [0.2, 0.25) is 0 Å². The lowest BCUT2D eigenvalue weighted by Crippen LogP contribution is -2.09. The van der Waals surface area contributed by atoms with Crippen LogP contribution in [-0.4, -0.2) is 4.57 Å². The van der Waals surface area contributed by atoms with Crippen molar-refractivity contribution in [1.29, 1.82) is 0 Å². The van der Waals surface area contributed by atoms with Gasteiger partial charge in [-0.25, -0.2) is 0 Å². The van der Waals surface area contributed by atoms with E-state index in [9.17, 15) is 0 Å². The van der Waals surface area contributed by atoms with E-state index in [1.807, 2.05) is 27.7 Å². The van der Waals surface area contributed by atoms with E-state index in [1.54, 1.807) is 0 Å². The molecule has 1 aromatic heterocycles. The topological polar surface area (TPSA) is 8.17 Å². The standard InChI is InChI=1S/C58H52N2.2C2H6/c1-4-5-15-42-21-29-49(30-22-42)59(48-18-10-7-11-19-48)50-31-25-45(26-32-50)46-28-36-57-55(37-46)56-38-47-27-35-53(52-20-13-12-14-40(52)2)41(3)54(47)39-58(56)60(57)51-33-23-44(24-34-51)43-16-8-6-9-17-43;2*1-2/h6-8,10-14,16,18-26,28-34,36-39H,4-5,9,15,17,27,35H2,1-3H3;2*1-2H3. The van der Waals surface area contributed by atoms with E-state index in [1.165, 1.54) is 107 Å². The molecule has 2 aliphatic carbocycles. The molecule has 2 heteroatoms. The molecule has 10 rings (SSSR count). The minimum atomic E-state index is 1.04. The zero-order valence-electron chi connectivity index (χ0n) is 39.1. The molecule has 7 aromatic carbocycles. The second-order valence-corrected chi connectivity index (χ2v) is 16.7. The van der Waals surface area contributed by atoms with Crippen molar-refractivity contribution in [3.8, 4) is 16.8 Å². The van der Waals surface area contributed by atoms with Crippen molar-refractivity contribution < 1.29 is 0 Å². The van der Waals surface area contributed by atoms with Gasteiger partial charge in [0.15, 0.2) is 0 Å². The summed E-state index contributed by atoms with van der Waals surface area (Å²) in [5.41, 5.74) is 22.1. The average Bonchev–Trinajstić information content (AvgIpc) is 3.68. The van der Waals surface area contributed by atoms with Gasteiger partial charge in [0.2, 0.25) is 0 Å². The van der Waals surface area contributed by atoms with Crippen LogP contribution in [0.3, 0.4) is 0 Å². The molecule has 0 bridgehead atoms. The zero-order valence-corrected chi connectivity index (χ0v) is 39.1. The predicted octanol–water partition coefficient (Wildman–Crippen LogP) is 18.2. The smallest absolute Gasteiger partial charge is 0.0547 e. The molecule has 8 aromatic rings. The largest absolute Gasteiger partial charge is 0.311 e. The van der Waals surface area contributed by atoms with Crippen LogP contribution >= 0.6 is 0 Å². The summed E-state index contributed by atoms with van der Waals surface area (Å²) in [7, 11) is 0. The van der Waals surface area contributed by atoms with E-state index < -0.39 is 0 Å². The number of hydrogen-bond donors (Lipinski definition) is 0. The first kappa shape index (κ1) is 44.0. The minimum absolute atomic E-state index is 1.04. The first-order valence-corrected chi connectivity index (χ1v) is 23.9. The number of hydrogen-bond acceptors (Lipinski definition) is 1. The monoisotopic (exact) mass is 837 g/mol. The zero-order chi connectivity index (χ0) is 44.6. The Hall–Kier alpha value is -6.64. The molecular weight excluding hydrogens is 773 g/mol. The normalized spacial score (nSPS) is 13.1. The highest BCUT2D eigenvalue weighted by atomic mass is 15.1. The Morgan fingerprint density at radius 1 is 0.547 bits per heavy atom. The molecule has 0 saturated carbocycles. The van der Waals surface area contributed by atoms with Crippen LogP contribution in [0.15, 0.2) is 176 Å². The van der Waals surface area contributed by atoms with Gasteiger partial charge in [-0.15, -0.1) is 0 Å². The number of unbranched alkanes of at least 4 members (excludes halogenated alkanes) is 1. The Balaban J connectivity index is 0.00000136. The third kappa shape index (κ3) is 8.80. The molecule has 0 spiro atoms. The van der Waals surface area contributed by atoms with Crippen molar-refractivity contribution in [2.75, 3.05) is 4.90 Å². The summed E-state index contributed by atoms with van der Waals surface area (Å²) in [5, 5.41) is 2.61. The Morgan fingerprint density at radius 2 is 1.19 bits per heavy atom. The van der Waals surface area contributed by atoms with Crippen LogP contribution in [0.5, 0.6) is 0 Å². The van der Waals surface area contributed by atoms with E-state index >= 15 is 0 Å². The summed E-state index contributed by atoms with van der Waals surface area (Å²) in [6, 6.07) is 59.2. The lowest BCUT2D eigenvalue weighted by molar-refractivity contribution is 0.795. The maximum Gasteiger partial charge on any atom is 0.0547 e. The fourth-order valence-electron chi connectivity index (χ4n) is 9.67. The molecule has 0 aliphatic heterocycles. The molecule has 0 fully saturated rings. The van der Waals surface area contributed by atoms with Crippen molar-refractivity contribution in [3.05, 3.63) is 209 Å². The van der Waals surface area contributed by atoms with E-state index in [0.29, 0.717) is 0 Å². The van der Waals surface area contributed by atoms with Gasteiger partial charge in [0, 0.05) is 33.5 Å². The van der Waals surface area contributed by atoms with Gasteiger partial charge in [0.1, 0.15) is 0 Å². The lowest BCUT2D eigenvalue weighted by Gasteiger charge is -2.26. The van der Waals surface area contributed by atoms with Gasteiger partial charge in [-0.2, -0.15) is 0 Å². The van der Waals surface area contributed by atoms with Crippen molar-refractivity contribution in [1.82, 2.24) is 4.57 Å². The summed E-state index contributed by atoms with van der Waals surface area (Å²) in [6.07, 6.45) is 14.6. The number of benzene rings is 7. The third-order valence-corrected chi connectivity index (χ3v) is 13.0. The molecular formula is C62H64N2. The van der Waals surface area contributed by atoms with Gasteiger partial charge in [-0.3, -0.25) is 0 Å². The van der Waals surface area contributed by atoms with Crippen molar-refractivity contribution >= 4 is 55.6 Å². The molecule has 2 nitrogen and oxygen atoms in total. The Labute approximate surface area is 382 Å². The lowest BCUT2D eigenvalue weighted by atomic mass is 9.81. The van der Waals surface area contributed by atoms with E-state index in [0.717, 1.165) is 43.5 Å². The summed E-state index contributed by atoms with van der Waals surface area (Å²) < 4.78 is 2.50. The summed E-state index contributed by atoms with van der Waals surface area (Å²) in [5.74, 6) is 0. The van der Waals surface area contributed by atoms with Gasteiger partial charge in [-0.05, 0) is 186 Å². The van der Waals surface area contributed by atoms with Gasteiger partial charge >= 0.3 is 0 Å². The number of aryl methyl sites for hydroxylation is 3. The quantitative estimate of drug-likeness (QED) is 0.133. The second kappa shape index (κ2) is 20.2. The van der Waals surface area contributed by atoms with Crippen LogP contribution in [0, 0.1) is 6.92 Å². The summed E-state index contributed by atoms with van der Waals surface area (Å²) in [6.45, 7) is 14.8. The number of allylic oxidation sites excluding steroid dienone is 6.